The molecular formula is C23H31N3O. The number of likely N-dealkylation sites (N-methyl/N-ethyl adjacent to an activating group) is 1. The molecule has 1 atom stereocenters. The number of rotatable bonds is 5. The number of nitrogens with zero attached hydrogens (tertiary/aromatic N) is 3. The summed E-state index contributed by atoms with van der Waals surface area (Å²) in [6, 6.07) is 16.4. The monoisotopic (exact) mass is 365 g/mol. The summed E-state index contributed by atoms with van der Waals surface area (Å²) in [6.45, 7) is 12.9. The van der Waals surface area contributed by atoms with Crippen molar-refractivity contribution < 1.29 is 4.79 Å². The van der Waals surface area contributed by atoms with Gasteiger partial charge in [0, 0.05) is 44.1 Å². The SMILES string of the molecule is CCN(C(=O)[C@@H](C)N1CCN(c2cccc(C)c2C)CC1)c1ccccc1. The van der Waals surface area contributed by atoms with Crippen LogP contribution in [0, 0.1) is 13.8 Å². The molecule has 0 unspecified atom stereocenters. The van der Waals surface area contributed by atoms with Gasteiger partial charge in [-0.05, 0) is 57.0 Å². The summed E-state index contributed by atoms with van der Waals surface area (Å²) in [7, 11) is 0. The molecule has 144 valence electrons. The fourth-order valence-electron chi connectivity index (χ4n) is 3.88. The Morgan fingerprint density at radius 3 is 2.30 bits per heavy atom. The van der Waals surface area contributed by atoms with Crippen LogP contribution in [0.2, 0.25) is 0 Å². The van der Waals surface area contributed by atoms with E-state index in [1.807, 2.05) is 49.1 Å². The highest BCUT2D eigenvalue weighted by Crippen LogP contribution is 2.24. The Morgan fingerprint density at radius 2 is 1.67 bits per heavy atom. The highest BCUT2D eigenvalue weighted by molar-refractivity contribution is 5.96. The Kier molecular flexibility index (Phi) is 6.17. The number of hydrogen-bond donors (Lipinski definition) is 0. The number of hydrogen-bond acceptors (Lipinski definition) is 3. The minimum atomic E-state index is -0.106. The highest BCUT2D eigenvalue weighted by Gasteiger charge is 2.29. The molecular weight excluding hydrogens is 334 g/mol. The molecule has 1 aliphatic rings. The zero-order chi connectivity index (χ0) is 19.4. The van der Waals surface area contributed by atoms with E-state index in [0.717, 1.165) is 31.9 Å². The van der Waals surface area contributed by atoms with Crippen LogP contribution in [0.3, 0.4) is 0 Å². The second-order valence-corrected chi connectivity index (χ2v) is 7.34. The summed E-state index contributed by atoms with van der Waals surface area (Å²) >= 11 is 0. The number of amides is 1. The van der Waals surface area contributed by atoms with Crippen LogP contribution in [0.5, 0.6) is 0 Å². The number of piperazine rings is 1. The first-order valence-electron chi connectivity index (χ1n) is 9.94. The molecule has 0 N–H and O–H groups in total. The van der Waals surface area contributed by atoms with E-state index in [4.69, 9.17) is 0 Å². The average molecular weight is 366 g/mol. The van der Waals surface area contributed by atoms with Crippen LogP contribution in [0.25, 0.3) is 0 Å². The van der Waals surface area contributed by atoms with E-state index in [9.17, 15) is 4.79 Å². The van der Waals surface area contributed by atoms with Gasteiger partial charge in [0.05, 0.1) is 6.04 Å². The third kappa shape index (κ3) is 4.16. The van der Waals surface area contributed by atoms with Crippen LogP contribution in [0.1, 0.15) is 25.0 Å². The zero-order valence-electron chi connectivity index (χ0n) is 17.0. The molecule has 1 aliphatic heterocycles. The van der Waals surface area contributed by atoms with Crippen molar-refractivity contribution >= 4 is 17.3 Å². The van der Waals surface area contributed by atoms with Crippen molar-refractivity contribution in [1.82, 2.24) is 4.90 Å². The Balaban J connectivity index is 1.65. The van der Waals surface area contributed by atoms with Crippen LogP contribution < -0.4 is 9.80 Å². The first kappa shape index (κ1) is 19.4. The van der Waals surface area contributed by atoms with Crippen molar-refractivity contribution in [3.63, 3.8) is 0 Å². The van der Waals surface area contributed by atoms with Crippen molar-refractivity contribution in [1.29, 1.82) is 0 Å². The Morgan fingerprint density at radius 1 is 1.00 bits per heavy atom. The summed E-state index contributed by atoms with van der Waals surface area (Å²) in [6.07, 6.45) is 0. The molecule has 0 aromatic heterocycles. The van der Waals surface area contributed by atoms with Gasteiger partial charge in [-0.25, -0.2) is 0 Å². The van der Waals surface area contributed by atoms with E-state index in [1.165, 1.54) is 16.8 Å². The van der Waals surface area contributed by atoms with Crippen LogP contribution in [0.4, 0.5) is 11.4 Å². The van der Waals surface area contributed by atoms with Gasteiger partial charge in [-0.3, -0.25) is 9.69 Å². The first-order chi connectivity index (χ1) is 13.0. The zero-order valence-corrected chi connectivity index (χ0v) is 17.0. The quantitative estimate of drug-likeness (QED) is 0.805. The Labute approximate surface area is 163 Å². The van der Waals surface area contributed by atoms with E-state index >= 15 is 0 Å². The molecule has 1 saturated heterocycles. The molecule has 0 spiro atoms. The van der Waals surface area contributed by atoms with Gasteiger partial charge in [0.1, 0.15) is 0 Å². The van der Waals surface area contributed by atoms with E-state index in [-0.39, 0.29) is 11.9 Å². The normalized spacial score (nSPS) is 16.2. The largest absolute Gasteiger partial charge is 0.369 e. The van der Waals surface area contributed by atoms with Gasteiger partial charge >= 0.3 is 0 Å². The number of benzene rings is 2. The molecule has 0 bridgehead atoms. The Bertz CT molecular complexity index is 766. The minimum absolute atomic E-state index is 0.106. The summed E-state index contributed by atoms with van der Waals surface area (Å²) in [5.74, 6) is 0.184. The number of aryl methyl sites for hydroxylation is 1. The molecule has 2 aromatic carbocycles. The van der Waals surface area contributed by atoms with Crippen LogP contribution in [-0.4, -0.2) is 49.6 Å². The van der Waals surface area contributed by atoms with Crippen molar-refractivity contribution in [3.8, 4) is 0 Å². The molecule has 4 heteroatoms. The standard InChI is InChI=1S/C23H31N3O/c1-5-26(21-11-7-6-8-12-21)23(27)20(4)24-14-16-25(17-15-24)22-13-9-10-18(2)19(22)3/h6-13,20H,5,14-17H2,1-4H3/t20-/m1/s1. The van der Waals surface area contributed by atoms with Gasteiger partial charge in [0.15, 0.2) is 0 Å². The van der Waals surface area contributed by atoms with Gasteiger partial charge in [0.2, 0.25) is 5.91 Å². The van der Waals surface area contributed by atoms with E-state index in [1.54, 1.807) is 0 Å². The lowest BCUT2D eigenvalue weighted by atomic mass is 10.1. The highest BCUT2D eigenvalue weighted by atomic mass is 16.2. The summed E-state index contributed by atoms with van der Waals surface area (Å²) in [5.41, 5.74) is 5.00. The summed E-state index contributed by atoms with van der Waals surface area (Å²) < 4.78 is 0. The van der Waals surface area contributed by atoms with Crippen LogP contribution in [0.15, 0.2) is 48.5 Å². The fourth-order valence-corrected chi connectivity index (χ4v) is 3.88. The van der Waals surface area contributed by atoms with Crippen molar-refractivity contribution in [2.24, 2.45) is 0 Å². The van der Waals surface area contributed by atoms with Gasteiger partial charge in [-0.15, -0.1) is 0 Å². The number of carbonyl (C=O) groups excluding carboxylic acids is 1. The topological polar surface area (TPSA) is 26.8 Å². The average Bonchev–Trinajstić information content (AvgIpc) is 2.71. The third-order valence-corrected chi connectivity index (χ3v) is 5.79. The lowest BCUT2D eigenvalue weighted by Crippen LogP contribution is -2.54. The Hall–Kier alpha value is -2.33. The van der Waals surface area contributed by atoms with Crippen molar-refractivity contribution in [2.75, 3.05) is 42.5 Å². The number of carbonyl (C=O) groups is 1. The van der Waals surface area contributed by atoms with Gasteiger partial charge in [-0.2, -0.15) is 0 Å². The van der Waals surface area contributed by atoms with Crippen molar-refractivity contribution in [2.45, 2.75) is 33.7 Å². The van der Waals surface area contributed by atoms with Gasteiger partial charge in [0.25, 0.3) is 0 Å². The van der Waals surface area contributed by atoms with E-state index in [2.05, 4.69) is 41.8 Å². The molecule has 1 amide bonds. The first-order valence-corrected chi connectivity index (χ1v) is 9.94. The molecule has 4 nitrogen and oxygen atoms in total. The molecule has 0 aliphatic carbocycles. The second kappa shape index (κ2) is 8.57. The molecule has 0 saturated carbocycles. The minimum Gasteiger partial charge on any atom is -0.369 e. The van der Waals surface area contributed by atoms with E-state index in [0.29, 0.717) is 6.54 Å². The fraction of sp³-hybridized carbons (Fsp3) is 0.435. The lowest BCUT2D eigenvalue weighted by molar-refractivity contribution is -0.123. The number of para-hydroxylation sites is 1. The van der Waals surface area contributed by atoms with Gasteiger partial charge in [-0.1, -0.05) is 30.3 Å². The molecule has 1 fully saturated rings. The third-order valence-electron chi connectivity index (χ3n) is 5.79. The van der Waals surface area contributed by atoms with E-state index < -0.39 is 0 Å². The molecule has 2 aromatic rings. The summed E-state index contributed by atoms with van der Waals surface area (Å²) in [4.78, 5) is 19.7. The van der Waals surface area contributed by atoms with Crippen LogP contribution in [-0.2, 0) is 4.79 Å². The predicted octanol–water partition coefficient (Wildman–Crippen LogP) is 3.87. The maximum atomic E-state index is 13.1. The maximum Gasteiger partial charge on any atom is 0.244 e. The van der Waals surface area contributed by atoms with Gasteiger partial charge < -0.3 is 9.80 Å². The number of anilines is 2. The molecule has 3 rings (SSSR count). The lowest BCUT2D eigenvalue weighted by Gasteiger charge is -2.40. The molecule has 1 heterocycles. The second-order valence-electron chi connectivity index (χ2n) is 7.34. The maximum absolute atomic E-state index is 13.1. The predicted molar refractivity (Wildman–Crippen MR) is 114 cm³/mol. The molecule has 27 heavy (non-hydrogen) atoms. The summed E-state index contributed by atoms with van der Waals surface area (Å²) in [5, 5.41) is 0. The molecule has 0 radical (unpaired) electrons. The van der Waals surface area contributed by atoms with Crippen LogP contribution >= 0.6 is 0 Å². The smallest absolute Gasteiger partial charge is 0.244 e. The van der Waals surface area contributed by atoms with Crippen molar-refractivity contribution in [3.05, 3.63) is 59.7 Å².